The molecule has 20 heavy (non-hydrogen) atoms. The zero-order valence-electron chi connectivity index (χ0n) is 10.9. The number of benzene rings is 1. The standard InChI is InChI=1S/C13H17ClFNO3S/c14-11-6-9(4-5-12(11)15)8-20(18,19)16-7-10-2-1-3-13(10)17/h4-6,10,13,16-17H,1-3,7-8H2/t10-,13+/m0/s1. The lowest BCUT2D eigenvalue weighted by atomic mass is 10.1. The molecule has 2 N–H and O–H groups in total. The highest BCUT2D eigenvalue weighted by Gasteiger charge is 2.26. The maximum atomic E-state index is 13.0. The van der Waals surface area contributed by atoms with Gasteiger partial charge in [-0.1, -0.05) is 24.1 Å². The van der Waals surface area contributed by atoms with Crippen LogP contribution < -0.4 is 4.72 Å². The Morgan fingerprint density at radius 3 is 2.75 bits per heavy atom. The summed E-state index contributed by atoms with van der Waals surface area (Å²) < 4.78 is 39.4. The van der Waals surface area contributed by atoms with E-state index in [-0.39, 0.29) is 23.2 Å². The lowest BCUT2D eigenvalue weighted by Gasteiger charge is -2.15. The summed E-state index contributed by atoms with van der Waals surface area (Å²) in [6, 6.07) is 3.85. The highest BCUT2D eigenvalue weighted by molar-refractivity contribution is 7.88. The molecular weight excluding hydrogens is 305 g/mol. The molecule has 0 radical (unpaired) electrons. The van der Waals surface area contributed by atoms with Crippen molar-refractivity contribution in [2.75, 3.05) is 6.54 Å². The highest BCUT2D eigenvalue weighted by Crippen LogP contribution is 2.25. The van der Waals surface area contributed by atoms with Crippen LogP contribution in [-0.4, -0.2) is 26.2 Å². The van der Waals surface area contributed by atoms with Gasteiger partial charge in [-0.2, -0.15) is 0 Å². The Kier molecular flexibility index (Phi) is 5.01. The Bertz CT molecular complexity index is 579. The van der Waals surface area contributed by atoms with E-state index >= 15 is 0 Å². The number of sulfonamides is 1. The molecule has 4 nitrogen and oxygen atoms in total. The molecule has 0 spiro atoms. The van der Waals surface area contributed by atoms with Crippen LogP contribution in [-0.2, 0) is 15.8 Å². The first-order valence-corrected chi connectivity index (χ1v) is 8.50. The van der Waals surface area contributed by atoms with Gasteiger partial charge in [0.1, 0.15) is 5.82 Å². The Hall–Kier alpha value is -0.690. The SMILES string of the molecule is O=S(=O)(Cc1ccc(F)c(Cl)c1)NC[C@@H]1CCC[C@H]1O. The molecule has 1 saturated carbocycles. The summed E-state index contributed by atoms with van der Waals surface area (Å²) in [5.41, 5.74) is 0.427. The van der Waals surface area contributed by atoms with E-state index in [2.05, 4.69) is 4.72 Å². The second-order valence-corrected chi connectivity index (χ2v) is 7.33. The van der Waals surface area contributed by atoms with Crippen molar-refractivity contribution in [2.24, 2.45) is 5.92 Å². The van der Waals surface area contributed by atoms with E-state index in [9.17, 15) is 17.9 Å². The molecule has 0 aromatic heterocycles. The number of hydrogen-bond acceptors (Lipinski definition) is 3. The van der Waals surface area contributed by atoms with Crippen molar-refractivity contribution < 1.29 is 17.9 Å². The van der Waals surface area contributed by atoms with Gasteiger partial charge >= 0.3 is 0 Å². The van der Waals surface area contributed by atoms with Crippen LogP contribution in [0, 0.1) is 11.7 Å². The average Bonchev–Trinajstić information content (AvgIpc) is 2.77. The van der Waals surface area contributed by atoms with Crippen LogP contribution in [0.25, 0.3) is 0 Å². The van der Waals surface area contributed by atoms with Crippen molar-refractivity contribution in [3.63, 3.8) is 0 Å². The monoisotopic (exact) mass is 321 g/mol. The largest absolute Gasteiger partial charge is 0.393 e. The maximum Gasteiger partial charge on any atom is 0.215 e. The van der Waals surface area contributed by atoms with E-state index < -0.39 is 21.9 Å². The summed E-state index contributed by atoms with van der Waals surface area (Å²) in [5, 5.41) is 9.55. The van der Waals surface area contributed by atoms with Gasteiger partial charge < -0.3 is 5.11 Å². The number of hydrogen-bond donors (Lipinski definition) is 2. The van der Waals surface area contributed by atoms with Crippen LogP contribution in [0.3, 0.4) is 0 Å². The Balaban J connectivity index is 1.94. The van der Waals surface area contributed by atoms with Gasteiger partial charge in [0.15, 0.2) is 0 Å². The second kappa shape index (κ2) is 6.39. The lowest BCUT2D eigenvalue weighted by Crippen LogP contribution is -2.33. The summed E-state index contributed by atoms with van der Waals surface area (Å²) in [6.07, 6.45) is 2.03. The highest BCUT2D eigenvalue weighted by atomic mass is 35.5. The normalized spacial score (nSPS) is 23.1. The van der Waals surface area contributed by atoms with Crippen LogP contribution >= 0.6 is 11.6 Å². The molecule has 1 fully saturated rings. The van der Waals surface area contributed by atoms with Crippen molar-refractivity contribution in [2.45, 2.75) is 31.1 Å². The Morgan fingerprint density at radius 1 is 1.40 bits per heavy atom. The number of aliphatic hydroxyl groups excluding tert-OH is 1. The molecule has 0 heterocycles. The minimum Gasteiger partial charge on any atom is -0.393 e. The van der Waals surface area contributed by atoms with E-state index in [0.29, 0.717) is 5.56 Å². The maximum absolute atomic E-state index is 13.0. The van der Waals surface area contributed by atoms with Crippen LogP contribution in [0.5, 0.6) is 0 Å². The molecule has 0 bridgehead atoms. The van der Waals surface area contributed by atoms with Crippen molar-refractivity contribution in [1.29, 1.82) is 0 Å². The quantitative estimate of drug-likeness (QED) is 0.872. The molecule has 2 rings (SSSR count). The van der Waals surface area contributed by atoms with Crippen molar-refractivity contribution >= 4 is 21.6 Å². The Morgan fingerprint density at radius 2 is 2.15 bits per heavy atom. The van der Waals surface area contributed by atoms with Crippen LogP contribution in [0.2, 0.25) is 5.02 Å². The smallest absolute Gasteiger partial charge is 0.215 e. The molecule has 2 atom stereocenters. The number of halogens is 2. The molecule has 0 aliphatic heterocycles. The zero-order valence-corrected chi connectivity index (χ0v) is 12.4. The molecule has 1 aliphatic carbocycles. The summed E-state index contributed by atoms with van der Waals surface area (Å²) in [7, 11) is -3.52. The van der Waals surface area contributed by atoms with Gasteiger partial charge in [-0.3, -0.25) is 0 Å². The third-order valence-electron chi connectivity index (χ3n) is 3.53. The zero-order chi connectivity index (χ0) is 14.8. The first kappa shape index (κ1) is 15.7. The van der Waals surface area contributed by atoms with Gasteiger partial charge in [-0.15, -0.1) is 0 Å². The fourth-order valence-corrected chi connectivity index (χ4v) is 3.78. The molecule has 0 amide bonds. The lowest BCUT2D eigenvalue weighted by molar-refractivity contribution is 0.134. The third-order valence-corrected chi connectivity index (χ3v) is 5.13. The second-order valence-electron chi connectivity index (χ2n) is 5.11. The number of aliphatic hydroxyl groups is 1. The van der Waals surface area contributed by atoms with E-state index in [1.807, 2.05) is 0 Å². The summed E-state index contributed by atoms with van der Waals surface area (Å²) in [4.78, 5) is 0. The fourth-order valence-electron chi connectivity index (χ4n) is 2.39. The van der Waals surface area contributed by atoms with Crippen molar-refractivity contribution in [3.8, 4) is 0 Å². The summed E-state index contributed by atoms with van der Waals surface area (Å²) in [5.74, 6) is -0.855. The van der Waals surface area contributed by atoms with E-state index in [1.165, 1.54) is 12.1 Å². The van der Waals surface area contributed by atoms with Crippen molar-refractivity contribution in [1.82, 2.24) is 4.72 Å². The van der Waals surface area contributed by atoms with E-state index in [1.54, 1.807) is 0 Å². The fraction of sp³-hybridized carbons (Fsp3) is 0.538. The molecule has 7 heteroatoms. The van der Waals surface area contributed by atoms with Crippen LogP contribution in [0.15, 0.2) is 18.2 Å². The minimum atomic E-state index is -3.52. The van der Waals surface area contributed by atoms with Gasteiger partial charge in [-0.05, 0) is 36.5 Å². The topological polar surface area (TPSA) is 66.4 Å². The van der Waals surface area contributed by atoms with E-state index in [0.717, 1.165) is 25.3 Å². The van der Waals surface area contributed by atoms with Crippen LogP contribution in [0.4, 0.5) is 4.39 Å². The average molecular weight is 322 g/mol. The van der Waals surface area contributed by atoms with Crippen molar-refractivity contribution in [3.05, 3.63) is 34.6 Å². The predicted octanol–water partition coefficient (Wildman–Crippen LogP) is 2.06. The molecule has 1 aromatic carbocycles. The molecule has 0 unspecified atom stereocenters. The number of rotatable bonds is 5. The first-order chi connectivity index (χ1) is 9.37. The molecule has 1 aliphatic rings. The molecule has 112 valence electrons. The van der Waals surface area contributed by atoms with Gasteiger partial charge in [0.2, 0.25) is 10.0 Å². The van der Waals surface area contributed by atoms with Crippen LogP contribution in [0.1, 0.15) is 24.8 Å². The molecular formula is C13H17ClFNO3S. The molecule has 0 saturated heterocycles. The van der Waals surface area contributed by atoms with E-state index in [4.69, 9.17) is 11.6 Å². The summed E-state index contributed by atoms with van der Waals surface area (Å²) >= 11 is 5.62. The van der Waals surface area contributed by atoms with Gasteiger partial charge in [0.05, 0.1) is 16.9 Å². The third kappa shape index (κ3) is 4.15. The minimum absolute atomic E-state index is 0.0263. The molecule has 1 aromatic rings. The van der Waals surface area contributed by atoms with Gasteiger partial charge in [-0.25, -0.2) is 17.5 Å². The predicted molar refractivity (Wildman–Crippen MR) is 75.4 cm³/mol. The van der Waals surface area contributed by atoms with Gasteiger partial charge in [0, 0.05) is 6.54 Å². The Labute approximate surface area is 123 Å². The summed E-state index contributed by atoms with van der Waals surface area (Å²) in [6.45, 7) is 0.235. The first-order valence-electron chi connectivity index (χ1n) is 6.47. The van der Waals surface area contributed by atoms with Gasteiger partial charge in [0.25, 0.3) is 0 Å². The number of nitrogens with one attached hydrogen (secondary N) is 1.